The van der Waals surface area contributed by atoms with Crippen LogP contribution in [0.4, 0.5) is 5.13 Å². The summed E-state index contributed by atoms with van der Waals surface area (Å²) in [5, 5.41) is 4.77. The lowest BCUT2D eigenvalue weighted by atomic mass is 10.00. The number of nitrogens with one attached hydrogen (secondary N) is 1. The summed E-state index contributed by atoms with van der Waals surface area (Å²) in [7, 11) is 0. The van der Waals surface area contributed by atoms with Crippen molar-refractivity contribution in [3.63, 3.8) is 0 Å². The minimum Gasteiger partial charge on any atom is -0.369 e. The van der Waals surface area contributed by atoms with Gasteiger partial charge in [-0.2, -0.15) is 0 Å². The predicted molar refractivity (Wildman–Crippen MR) is 71.1 cm³/mol. The molecule has 0 saturated carbocycles. The highest BCUT2D eigenvalue weighted by molar-refractivity contribution is 7.13. The Morgan fingerprint density at radius 2 is 2.22 bits per heavy atom. The van der Waals surface area contributed by atoms with Crippen molar-refractivity contribution in [2.75, 3.05) is 5.32 Å². The van der Waals surface area contributed by atoms with Gasteiger partial charge in [0.1, 0.15) is 0 Å². The molecule has 0 aliphatic rings. The van der Waals surface area contributed by atoms with E-state index in [1.165, 1.54) is 11.3 Å². The maximum absolute atomic E-state index is 11.8. The third kappa shape index (κ3) is 4.08. The summed E-state index contributed by atoms with van der Waals surface area (Å²) in [5.41, 5.74) is 11.4. The molecule has 0 aliphatic heterocycles. The lowest BCUT2D eigenvalue weighted by molar-refractivity contribution is -0.118. The van der Waals surface area contributed by atoms with Gasteiger partial charge in [0.15, 0.2) is 5.13 Å². The molecule has 2 amide bonds. The fraction of sp³-hybridized carbons (Fsp3) is 0.545. The zero-order valence-electron chi connectivity index (χ0n) is 10.5. The van der Waals surface area contributed by atoms with Crippen molar-refractivity contribution in [3.05, 3.63) is 11.1 Å². The monoisotopic (exact) mass is 270 g/mol. The minimum atomic E-state index is -0.557. The molecule has 18 heavy (non-hydrogen) atoms. The van der Waals surface area contributed by atoms with Crippen LogP contribution in [0.2, 0.25) is 0 Å². The van der Waals surface area contributed by atoms with E-state index in [4.69, 9.17) is 11.5 Å². The molecule has 2 unspecified atom stereocenters. The van der Waals surface area contributed by atoms with Gasteiger partial charge in [-0.25, -0.2) is 4.98 Å². The highest BCUT2D eigenvalue weighted by Gasteiger charge is 2.20. The van der Waals surface area contributed by atoms with Crippen LogP contribution in [0.3, 0.4) is 0 Å². The predicted octanol–water partition coefficient (Wildman–Crippen LogP) is 0.483. The minimum absolute atomic E-state index is 0.0732. The molecule has 6 nitrogen and oxygen atoms in total. The Bertz CT molecular complexity index is 432. The molecule has 7 heteroatoms. The third-order valence-electron chi connectivity index (χ3n) is 2.70. The highest BCUT2D eigenvalue weighted by Crippen LogP contribution is 2.17. The molecule has 1 heterocycles. The first-order chi connectivity index (χ1) is 8.43. The van der Waals surface area contributed by atoms with E-state index in [2.05, 4.69) is 10.3 Å². The normalized spacial score (nSPS) is 13.9. The Morgan fingerprint density at radius 3 is 2.78 bits per heavy atom. The van der Waals surface area contributed by atoms with Crippen LogP contribution in [0.1, 0.15) is 26.0 Å². The molecule has 1 aromatic heterocycles. The van der Waals surface area contributed by atoms with Crippen molar-refractivity contribution in [3.8, 4) is 0 Å². The average Bonchev–Trinajstić information content (AvgIpc) is 2.73. The molecule has 5 N–H and O–H groups in total. The second-order valence-electron chi connectivity index (χ2n) is 4.19. The lowest BCUT2D eigenvalue weighted by Crippen LogP contribution is -2.40. The van der Waals surface area contributed by atoms with E-state index in [9.17, 15) is 9.59 Å². The van der Waals surface area contributed by atoms with Gasteiger partial charge in [0.25, 0.3) is 0 Å². The van der Waals surface area contributed by atoms with Crippen LogP contribution in [0.5, 0.6) is 0 Å². The third-order valence-corrected chi connectivity index (χ3v) is 3.50. The molecule has 0 spiro atoms. The number of aromatic nitrogens is 1. The van der Waals surface area contributed by atoms with Crippen molar-refractivity contribution in [1.29, 1.82) is 0 Å². The Morgan fingerprint density at radius 1 is 1.56 bits per heavy atom. The molecule has 0 fully saturated rings. The first kappa shape index (κ1) is 14.6. The summed E-state index contributed by atoms with van der Waals surface area (Å²) in [6.07, 6.45) is 0.906. The van der Waals surface area contributed by atoms with Gasteiger partial charge in [-0.3, -0.25) is 9.59 Å². The maximum atomic E-state index is 11.8. The summed E-state index contributed by atoms with van der Waals surface area (Å²) in [5.74, 6) is -0.603. The van der Waals surface area contributed by atoms with Crippen LogP contribution >= 0.6 is 11.3 Å². The highest BCUT2D eigenvalue weighted by atomic mass is 32.1. The van der Waals surface area contributed by atoms with Gasteiger partial charge in [-0.05, 0) is 5.92 Å². The quantitative estimate of drug-likeness (QED) is 0.698. The smallest absolute Gasteiger partial charge is 0.243 e. The second kappa shape index (κ2) is 6.46. The molecule has 0 saturated heterocycles. The van der Waals surface area contributed by atoms with E-state index in [-0.39, 0.29) is 18.2 Å². The van der Waals surface area contributed by atoms with Crippen molar-refractivity contribution in [2.24, 2.45) is 17.4 Å². The SMILES string of the molecule is CCC(C)C(N)C(=O)Nc1nc(CC(N)=O)cs1. The van der Waals surface area contributed by atoms with Gasteiger partial charge in [-0.1, -0.05) is 20.3 Å². The van der Waals surface area contributed by atoms with Gasteiger partial charge in [0.2, 0.25) is 11.8 Å². The van der Waals surface area contributed by atoms with E-state index in [1.807, 2.05) is 13.8 Å². The summed E-state index contributed by atoms with van der Waals surface area (Å²) in [6, 6.07) is -0.557. The molecule has 0 aliphatic carbocycles. The van der Waals surface area contributed by atoms with Crippen LogP contribution < -0.4 is 16.8 Å². The largest absolute Gasteiger partial charge is 0.369 e. The standard InChI is InChI=1S/C11H18N4O2S/c1-3-6(2)9(13)10(17)15-11-14-7(5-18-11)4-8(12)16/h5-6,9H,3-4,13H2,1-2H3,(H2,12,16)(H,14,15,17). The van der Waals surface area contributed by atoms with Gasteiger partial charge < -0.3 is 16.8 Å². The number of anilines is 1. The average molecular weight is 270 g/mol. The number of hydrogen-bond acceptors (Lipinski definition) is 5. The zero-order valence-corrected chi connectivity index (χ0v) is 11.3. The Labute approximate surface area is 110 Å². The van der Waals surface area contributed by atoms with Crippen LogP contribution in [-0.4, -0.2) is 22.8 Å². The molecule has 0 bridgehead atoms. The number of primary amides is 1. The topological polar surface area (TPSA) is 111 Å². The van der Waals surface area contributed by atoms with E-state index in [0.29, 0.717) is 10.8 Å². The molecule has 100 valence electrons. The molecule has 2 atom stereocenters. The number of rotatable bonds is 6. The molecule has 0 aromatic carbocycles. The summed E-state index contributed by atoms with van der Waals surface area (Å²) in [6.45, 7) is 3.90. The molecular formula is C11H18N4O2S. The van der Waals surface area contributed by atoms with Crippen molar-refractivity contribution >= 4 is 28.3 Å². The number of thiazole rings is 1. The van der Waals surface area contributed by atoms with E-state index in [1.54, 1.807) is 5.38 Å². The first-order valence-corrected chi connectivity index (χ1v) is 6.61. The van der Waals surface area contributed by atoms with Crippen molar-refractivity contribution in [1.82, 2.24) is 4.98 Å². The number of carbonyl (C=O) groups is 2. The van der Waals surface area contributed by atoms with Crippen LogP contribution in [-0.2, 0) is 16.0 Å². The number of nitrogens with zero attached hydrogens (tertiary/aromatic N) is 1. The number of carbonyl (C=O) groups excluding carboxylic acids is 2. The Hall–Kier alpha value is -1.47. The van der Waals surface area contributed by atoms with E-state index < -0.39 is 11.9 Å². The Kier molecular flexibility index (Phi) is 5.24. The van der Waals surface area contributed by atoms with E-state index >= 15 is 0 Å². The molecule has 1 aromatic rings. The fourth-order valence-corrected chi connectivity index (χ4v) is 2.04. The molecule has 0 radical (unpaired) electrons. The molecular weight excluding hydrogens is 252 g/mol. The van der Waals surface area contributed by atoms with Crippen LogP contribution in [0.15, 0.2) is 5.38 Å². The van der Waals surface area contributed by atoms with Crippen molar-refractivity contribution in [2.45, 2.75) is 32.7 Å². The number of nitrogens with two attached hydrogens (primary N) is 2. The maximum Gasteiger partial charge on any atom is 0.243 e. The molecule has 1 rings (SSSR count). The van der Waals surface area contributed by atoms with Gasteiger partial charge >= 0.3 is 0 Å². The number of amides is 2. The van der Waals surface area contributed by atoms with Gasteiger partial charge in [0, 0.05) is 5.38 Å². The second-order valence-corrected chi connectivity index (χ2v) is 5.05. The van der Waals surface area contributed by atoms with Crippen LogP contribution in [0, 0.1) is 5.92 Å². The fourth-order valence-electron chi connectivity index (χ4n) is 1.33. The first-order valence-electron chi connectivity index (χ1n) is 5.73. The summed E-state index contributed by atoms with van der Waals surface area (Å²) >= 11 is 1.25. The zero-order chi connectivity index (χ0) is 13.7. The summed E-state index contributed by atoms with van der Waals surface area (Å²) in [4.78, 5) is 26.6. The Balaban J connectivity index is 2.59. The van der Waals surface area contributed by atoms with Crippen molar-refractivity contribution < 1.29 is 9.59 Å². The summed E-state index contributed by atoms with van der Waals surface area (Å²) < 4.78 is 0. The van der Waals surface area contributed by atoms with Crippen LogP contribution in [0.25, 0.3) is 0 Å². The number of hydrogen-bond donors (Lipinski definition) is 3. The lowest BCUT2D eigenvalue weighted by Gasteiger charge is -2.16. The van der Waals surface area contributed by atoms with Gasteiger partial charge in [-0.15, -0.1) is 11.3 Å². The van der Waals surface area contributed by atoms with E-state index in [0.717, 1.165) is 6.42 Å². The van der Waals surface area contributed by atoms with Gasteiger partial charge in [0.05, 0.1) is 18.2 Å².